The van der Waals surface area contributed by atoms with Gasteiger partial charge in [0, 0.05) is 45.0 Å². The predicted octanol–water partition coefficient (Wildman–Crippen LogP) is 0.913. The summed E-state index contributed by atoms with van der Waals surface area (Å²) in [5, 5.41) is 6.29. The molecule has 0 aliphatic carbocycles. The largest absolute Gasteiger partial charge is 0.356 e. The Morgan fingerprint density at radius 1 is 1.24 bits per heavy atom. The lowest BCUT2D eigenvalue weighted by Crippen LogP contribution is -2.37. The number of amides is 1. The Balaban J connectivity index is 1.78. The van der Waals surface area contributed by atoms with Crippen LogP contribution in [0.15, 0.2) is 29.3 Å². The van der Waals surface area contributed by atoms with E-state index < -0.39 is 9.84 Å². The number of nitrogens with one attached hydrogen (secondary N) is 2. The molecule has 1 amide bonds. The summed E-state index contributed by atoms with van der Waals surface area (Å²) in [6, 6.07) is 7.90. The number of rotatable bonds is 7. The number of anilines is 1. The third kappa shape index (κ3) is 6.38. The molecule has 1 aliphatic heterocycles. The van der Waals surface area contributed by atoms with Crippen molar-refractivity contribution in [2.75, 3.05) is 37.0 Å². The number of nitrogens with zero attached hydrogens (tertiary/aromatic N) is 2. The second-order valence-electron chi connectivity index (χ2n) is 6.15. The van der Waals surface area contributed by atoms with Crippen LogP contribution in [-0.2, 0) is 21.2 Å². The van der Waals surface area contributed by atoms with Gasteiger partial charge in [-0.1, -0.05) is 12.1 Å². The fourth-order valence-electron chi connectivity index (χ4n) is 2.66. The molecule has 1 heterocycles. The minimum absolute atomic E-state index is 0.160. The number of sulfone groups is 1. The summed E-state index contributed by atoms with van der Waals surface area (Å²) in [4.78, 5) is 17.7. The first kappa shape index (κ1) is 19.2. The summed E-state index contributed by atoms with van der Waals surface area (Å²) in [6.45, 7) is 1.93. The van der Waals surface area contributed by atoms with Gasteiger partial charge in [0.1, 0.15) is 9.84 Å². The molecule has 8 heteroatoms. The van der Waals surface area contributed by atoms with Gasteiger partial charge in [-0.25, -0.2) is 8.42 Å². The van der Waals surface area contributed by atoms with Gasteiger partial charge in [-0.2, -0.15) is 0 Å². The van der Waals surface area contributed by atoms with Crippen LogP contribution in [0.4, 0.5) is 5.69 Å². The van der Waals surface area contributed by atoms with Gasteiger partial charge in [-0.15, -0.1) is 0 Å². The van der Waals surface area contributed by atoms with Gasteiger partial charge in [0.05, 0.1) is 5.75 Å². The number of benzene rings is 1. The molecule has 1 saturated heterocycles. The van der Waals surface area contributed by atoms with Gasteiger partial charge >= 0.3 is 0 Å². The van der Waals surface area contributed by atoms with Crippen LogP contribution in [0.25, 0.3) is 0 Å². The van der Waals surface area contributed by atoms with Crippen molar-refractivity contribution >= 4 is 27.4 Å². The van der Waals surface area contributed by atoms with Gasteiger partial charge in [-0.3, -0.25) is 9.79 Å². The van der Waals surface area contributed by atoms with Crippen LogP contribution in [0.2, 0.25) is 0 Å². The molecule has 138 valence electrons. The van der Waals surface area contributed by atoms with E-state index in [-0.39, 0.29) is 11.7 Å². The second-order valence-corrected chi connectivity index (χ2v) is 8.41. The first-order valence-corrected chi connectivity index (χ1v) is 10.5. The molecule has 0 spiro atoms. The number of aliphatic imine (C=N–C) groups is 1. The molecule has 0 aromatic heterocycles. The lowest BCUT2D eigenvalue weighted by atomic mass is 10.2. The molecule has 1 aromatic rings. The monoisotopic (exact) mass is 366 g/mol. The zero-order chi connectivity index (χ0) is 18.3. The Kier molecular flexibility index (Phi) is 6.81. The molecule has 0 radical (unpaired) electrons. The first-order chi connectivity index (χ1) is 11.9. The first-order valence-electron chi connectivity index (χ1n) is 8.40. The zero-order valence-electron chi connectivity index (χ0n) is 14.8. The molecule has 2 N–H and O–H groups in total. The highest BCUT2D eigenvalue weighted by Gasteiger charge is 2.21. The highest BCUT2D eigenvalue weighted by molar-refractivity contribution is 7.90. The maximum Gasteiger partial charge on any atom is 0.227 e. The average molecular weight is 366 g/mol. The van der Waals surface area contributed by atoms with Crippen LogP contribution < -0.4 is 15.5 Å². The second kappa shape index (κ2) is 8.84. The molecular formula is C17H26N4O3S. The molecule has 7 nitrogen and oxygen atoms in total. The smallest absolute Gasteiger partial charge is 0.227 e. The van der Waals surface area contributed by atoms with E-state index >= 15 is 0 Å². The van der Waals surface area contributed by atoms with E-state index in [9.17, 15) is 13.2 Å². The third-order valence-corrected chi connectivity index (χ3v) is 5.02. The van der Waals surface area contributed by atoms with Crippen LogP contribution in [-0.4, -0.2) is 52.4 Å². The molecule has 1 fully saturated rings. The highest BCUT2D eigenvalue weighted by atomic mass is 32.2. The van der Waals surface area contributed by atoms with Crippen molar-refractivity contribution in [2.24, 2.45) is 4.99 Å². The number of carbonyl (C=O) groups excluding carboxylic acids is 1. The number of carbonyl (C=O) groups is 1. The van der Waals surface area contributed by atoms with Crippen molar-refractivity contribution in [3.8, 4) is 0 Å². The van der Waals surface area contributed by atoms with E-state index in [1.807, 2.05) is 29.2 Å². The Hall–Kier alpha value is -2.09. The summed E-state index contributed by atoms with van der Waals surface area (Å²) < 4.78 is 22.2. The third-order valence-electron chi connectivity index (χ3n) is 3.99. The topological polar surface area (TPSA) is 90.9 Å². The minimum atomic E-state index is -2.93. The molecule has 25 heavy (non-hydrogen) atoms. The maximum atomic E-state index is 11.8. The average Bonchev–Trinajstić information content (AvgIpc) is 3.00. The van der Waals surface area contributed by atoms with Crippen LogP contribution in [0, 0.1) is 0 Å². The summed E-state index contributed by atoms with van der Waals surface area (Å²) in [5.74, 6) is 0.977. The van der Waals surface area contributed by atoms with Crippen LogP contribution in [0.5, 0.6) is 0 Å². The van der Waals surface area contributed by atoms with E-state index in [0.29, 0.717) is 31.9 Å². The van der Waals surface area contributed by atoms with Crippen molar-refractivity contribution in [2.45, 2.75) is 25.8 Å². The number of hydrogen-bond donors (Lipinski definition) is 2. The molecular weight excluding hydrogens is 340 g/mol. The van der Waals surface area contributed by atoms with Gasteiger partial charge in [0.2, 0.25) is 5.91 Å². The summed E-state index contributed by atoms with van der Waals surface area (Å²) >= 11 is 0. The number of guanidine groups is 1. The standard InChI is InChI=1S/C17H26N4O3S/c1-18-17(19-10-4-12-25(2,23)24)20-13-14-6-8-15(9-7-14)21-11-3-5-16(21)22/h6-9H,3-5,10-13H2,1-2H3,(H2,18,19,20). The summed E-state index contributed by atoms with van der Waals surface area (Å²) in [5.41, 5.74) is 2.02. The van der Waals surface area contributed by atoms with Crippen molar-refractivity contribution in [3.63, 3.8) is 0 Å². The summed E-state index contributed by atoms with van der Waals surface area (Å²) in [6.07, 6.45) is 3.33. The van der Waals surface area contributed by atoms with E-state index in [1.54, 1.807) is 7.05 Å². The van der Waals surface area contributed by atoms with Crippen LogP contribution in [0.3, 0.4) is 0 Å². The minimum Gasteiger partial charge on any atom is -0.356 e. The Labute approximate surface area is 149 Å². The normalized spacial score (nSPS) is 15.5. The van der Waals surface area contributed by atoms with Crippen LogP contribution >= 0.6 is 0 Å². The quantitative estimate of drug-likeness (QED) is 0.425. The predicted molar refractivity (Wildman–Crippen MR) is 101 cm³/mol. The molecule has 1 aromatic carbocycles. The van der Waals surface area contributed by atoms with Gasteiger partial charge in [-0.05, 0) is 30.5 Å². The molecule has 0 bridgehead atoms. The Morgan fingerprint density at radius 3 is 2.52 bits per heavy atom. The SMILES string of the molecule is CN=C(NCCCS(C)(=O)=O)NCc1ccc(N2CCCC2=O)cc1. The van der Waals surface area contributed by atoms with Gasteiger partial charge in [0.25, 0.3) is 0 Å². The van der Waals surface area contributed by atoms with E-state index in [4.69, 9.17) is 0 Å². The molecule has 2 rings (SSSR count). The lowest BCUT2D eigenvalue weighted by molar-refractivity contribution is -0.117. The zero-order valence-corrected chi connectivity index (χ0v) is 15.6. The lowest BCUT2D eigenvalue weighted by Gasteiger charge is -2.16. The molecule has 1 aliphatic rings. The molecule has 0 unspecified atom stereocenters. The summed E-state index contributed by atoms with van der Waals surface area (Å²) in [7, 11) is -1.25. The van der Waals surface area contributed by atoms with Crippen molar-refractivity contribution in [1.29, 1.82) is 0 Å². The van der Waals surface area contributed by atoms with Crippen molar-refractivity contribution in [1.82, 2.24) is 10.6 Å². The fraction of sp³-hybridized carbons (Fsp3) is 0.529. The van der Waals surface area contributed by atoms with Crippen molar-refractivity contribution in [3.05, 3.63) is 29.8 Å². The Morgan fingerprint density at radius 2 is 1.96 bits per heavy atom. The van der Waals surface area contributed by atoms with E-state index in [0.717, 1.165) is 24.2 Å². The highest BCUT2D eigenvalue weighted by Crippen LogP contribution is 2.21. The van der Waals surface area contributed by atoms with E-state index in [2.05, 4.69) is 15.6 Å². The van der Waals surface area contributed by atoms with E-state index in [1.165, 1.54) is 6.26 Å². The van der Waals surface area contributed by atoms with Crippen molar-refractivity contribution < 1.29 is 13.2 Å². The van der Waals surface area contributed by atoms with Gasteiger partial charge in [0.15, 0.2) is 5.96 Å². The maximum absolute atomic E-state index is 11.8. The number of hydrogen-bond acceptors (Lipinski definition) is 4. The molecule has 0 saturated carbocycles. The van der Waals surface area contributed by atoms with Crippen LogP contribution in [0.1, 0.15) is 24.8 Å². The van der Waals surface area contributed by atoms with Gasteiger partial charge < -0.3 is 15.5 Å². The Bertz CT molecular complexity index is 714. The fourth-order valence-corrected chi connectivity index (χ4v) is 3.33. The molecule has 0 atom stereocenters.